The largest absolute Gasteiger partial charge is 0.379 e. The zero-order chi connectivity index (χ0) is 18.8. The van der Waals surface area contributed by atoms with Crippen LogP contribution in [0.2, 0.25) is 0 Å². The van der Waals surface area contributed by atoms with Gasteiger partial charge in [0, 0.05) is 44.2 Å². The van der Waals surface area contributed by atoms with E-state index < -0.39 is 0 Å². The number of carbonyl (C=O) groups is 2. The lowest BCUT2D eigenvalue weighted by Crippen LogP contribution is -2.49. The van der Waals surface area contributed by atoms with Gasteiger partial charge in [-0.3, -0.25) is 14.5 Å². The smallest absolute Gasteiger partial charge is 0.251 e. The van der Waals surface area contributed by atoms with Crippen molar-refractivity contribution < 1.29 is 14.3 Å². The van der Waals surface area contributed by atoms with E-state index in [1.165, 1.54) is 0 Å². The van der Waals surface area contributed by atoms with E-state index >= 15 is 0 Å². The van der Waals surface area contributed by atoms with Gasteiger partial charge in [-0.05, 0) is 24.5 Å². The zero-order valence-corrected chi connectivity index (χ0v) is 15.9. The lowest BCUT2D eigenvalue weighted by Gasteiger charge is -2.35. The highest BCUT2D eigenvalue weighted by molar-refractivity contribution is 5.94. The number of hydrogen-bond acceptors (Lipinski definition) is 4. The van der Waals surface area contributed by atoms with Crippen molar-refractivity contribution in [2.45, 2.75) is 32.7 Å². The minimum atomic E-state index is -0.149. The van der Waals surface area contributed by atoms with Gasteiger partial charge in [-0.1, -0.05) is 32.0 Å². The minimum absolute atomic E-state index is 0.0274. The number of benzene rings is 1. The van der Waals surface area contributed by atoms with Crippen LogP contribution in [-0.2, 0) is 9.53 Å². The summed E-state index contributed by atoms with van der Waals surface area (Å²) in [6.07, 6.45) is 1.33. The number of nitrogens with one attached hydrogen (secondary N) is 2. The molecule has 1 fully saturated rings. The molecule has 144 valence electrons. The third-order valence-electron chi connectivity index (χ3n) is 4.51. The summed E-state index contributed by atoms with van der Waals surface area (Å²) < 4.78 is 5.42. The summed E-state index contributed by atoms with van der Waals surface area (Å²) >= 11 is 0. The summed E-state index contributed by atoms with van der Waals surface area (Å²) in [4.78, 5) is 26.5. The summed E-state index contributed by atoms with van der Waals surface area (Å²) in [7, 11) is 0. The molecule has 2 rings (SSSR count). The molecule has 1 unspecified atom stereocenters. The molecule has 1 aromatic carbocycles. The molecule has 0 radical (unpaired) electrons. The van der Waals surface area contributed by atoms with Gasteiger partial charge in [0.25, 0.3) is 5.91 Å². The number of morpholine rings is 1. The van der Waals surface area contributed by atoms with Crippen molar-refractivity contribution in [1.29, 1.82) is 0 Å². The second-order valence-electron chi connectivity index (χ2n) is 7.11. The van der Waals surface area contributed by atoms with Crippen LogP contribution in [0.25, 0.3) is 0 Å². The Labute approximate surface area is 156 Å². The fourth-order valence-corrected chi connectivity index (χ4v) is 3.15. The fourth-order valence-electron chi connectivity index (χ4n) is 3.15. The lowest BCUT2D eigenvalue weighted by atomic mass is 10.0. The minimum Gasteiger partial charge on any atom is -0.379 e. The van der Waals surface area contributed by atoms with Gasteiger partial charge in [-0.15, -0.1) is 0 Å². The van der Waals surface area contributed by atoms with Crippen molar-refractivity contribution in [3.05, 3.63) is 35.9 Å². The Morgan fingerprint density at radius 2 is 1.81 bits per heavy atom. The summed E-state index contributed by atoms with van der Waals surface area (Å²) in [5, 5.41) is 5.81. The summed E-state index contributed by atoms with van der Waals surface area (Å²) in [6.45, 7) is 8.74. The van der Waals surface area contributed by atoms with Crippen LogP contribution in [0.3, 0.4) is 0 Å². The molecule has 0 aliphatic carbocycles. The van der Waals surface area contributed by atoms with E-state index in [4.69, 9.17) is 4.74 Å². The number of amides is 2. The van der Waals surface area contributed by atoms with E-state index in [-0.39, 0.29) is 18.2 Å². The molecule has 1 aliphatic heterocycles. The number of nitrogens with zero attached hydrogens (tertiary/aromatic N) is 1. The van der Waals surface area contributed by atoms with E-state index in [2.05, 4.69) is 29.4 Å². The molecule has 2 amide bonds. The molecule has 0 aromatic heterocycles. The first-order chi connectivity index (χ1) is 12.6. The molecule has 1 heterocycles. The third kappa shape index (κ3) is 7.14. The van der Waals surface area contributed by atoms with Crippen LogP contribution in [0.1, 0.15) is 37.0 Å². The predicted octanol–water partition coefficient (Wildman–Crippen LogP) is 1.67. The highest BCUT2D eigenvalue weighted by atomic mass is 16.5. The van der Waals surface area contributed by atoms with Crippen LogP contribution in [0.4, 0.5) is 0 Å². The molecule has 2 N–H and O–H groups in total. The molecule has 0 saturated carbocycles. The molecule has 1 atom stereocenters. The topological polar surface area (TPSA) is 70.7 Å². The van der Waals surface area contributed by atoms with Crippen molar-refractivity contribution in [2.75, 3.05) is 39.4 Å². The van der Waals surface area contributed by atoms with Gasteiger partial charge in [0.05, 0.1) is 13.2 Å². The third-order valence-corrected chi connectivity index (χ3v) is 4.51. The quantitative estimate of drug-likeness (QED) is 0.702. The van der Waals surface area contributed by atoms with Gasteiger partial charge < -0.3 is 15.4 Å². The first kappa shape index (κ1) is 20.4. The lowest BCUT2D eigenvalue weighted by molar-refractivity contribution is -0.121. The van der Waals surface area contributed by atoms with Crippen LogP contribution in [0.5, 0.6) is 0 Å². The van der Waals surface area contributed by atoms with Crippen LogP contribution in [0.15, 0.2) is 30.3 Å². The Morgan fingerprint density at radius 3 is 2.46 bits per heavy atom. The molecule has 0 spiro atoms. The summed E-state index contributed by atoms with van der Waals surface area (Å²) in [5.74, 6) is 0.398. The standard InChI is InChI=1S/C20H31N3O3/c1-16(2)14-18(23-10-12-26-13-11-23)15-22-19(24)8-9-21-20(25)17-6-4-3-5-7-17/h3-7,16,18H,8-15H2,1-2H3,(H,21,25)(H,22,24). The monoisotopic (exact) mass is 361 g/mol. The van der Waals surface area contributed by atoms with E-state index in [9.17, 15) is 9.59 Å². The maximum Gasteiger partial charge on any atom is 0.251 e. The highest BCUT2D eigenvalue weighted by Crippen LogP contribution is 2.13. The molecule has 6 nitrogen and oxygen atoms in total. The average Bonchev–Trinajstić information content (AvgIpc) is 2.66. The van der Waals surface area contributed by atoms with Crippen molar-refractivity contribution in [3.63, 3.8) is 0 Å². The van der Waals surface area contributed by atoms with Gasteiger partial charge in [-0.2, -0.15) is 0 Å². The number of carbonyl (C=O) groups excluding carboxylic acids is 2. The van der Waals surface area contributed by atoms with Crippen molar-refractivity contribution in [2.24, 2.45) is 5.92 Å². The van der Waals surface area contributed by atoms with E-state index in [0.717, 1.165) is 32.7 Å². The Morgan fingerprint density at radius 1 is 1.12 bits per heavy atom. The van der Waals surface area contributed by atoms with Crippen LogP contribution in [0, 0.1) is 5.92 Å². The van der Waals surface area contributed by atoms with E-state index in [0.29, 0.717) is 30.6 Å². The molecule has 0 bridgehead atoms. The molecule has 26 heavy (non-hydrogen) atoms. The molecule has 1 aliphatic rings. The normalized spacial score (nSPS) is 16.3. The van der Waals surface area contributed by atoms with E-state index in [1.807, 2.05) is 18.2 Å². The molecular formula is C20H31N3O3. The Kier molecular flexibility index (Phi) is 8.58. The molecule has 1 aromatic rings. The maximum atomic E-state index is 12.1. The zero-order valence-electron chi connectivity index (χ0n) is 15.9. The molecule has 1 saturated heterocycles. The number of hydrogen-bond donors (Lipinski definition) is 2. The summed E-state index contributed by atoms with van der Waals surface area (Å²) in [6, 6.07) is 9.36. The first-order valence-corrected chi connectivity index (χ1v) is 9.48. The molecule has 6 heteroatoms. The fraction of sp³-hybridized carbons (Fsp3) is 0.600. The van der Waals surface area contributed by atoms with Gasteiger partial charge in [-0.25, -0.2) is 0 Å². The highest BCUT2D eigenvalue weighted by Gasteiger charge is 2.22. The van der Waals surface area contributed by atoms with E-state index in [1.54, 1.807) is 12.1 Å². The van der Waals surface area contributed by atoms with Crippen LogP contribution >= 0.6 is 0 Å². The van der Waals surface area contributed by atoms with Crippen molar-refractivity contribution >= 4 is 11.8 Å². The van der Waals surface area contributed by atoms with Gasteiger partial charge >= 0.3 is 0 Å². The second kappa shape index (κ2) is 10.9. The van der Waals surface area contributed by atoms with Gasteiger partial charge in [0.2, 0.25) is 5.91 Å². The summed E-state index contributed by atoms with van der Waals surface area (Å²) in [5.41, 5.74) is 0.609. The van der Waals surface area contributed by atoms with Crippen molar-refractivity contribution in [3.8, 4) is 0 Å². The van der Waals surface area contributed by atoms with Crippen molar-refractivity contribution in [1.82, 2.24) is 15.5 Å². The number of ether oxygens (including phenoxy) is 1. The van der Waals surface area contributed by atoms with Crippen LogP contribution < -0.4 is 10.6 Å². The van der Waals surface area contributed by atoms with Crippen LogP contribution in [-0.4, -0.2) is 62.1 Å². The Hall–Kier alpha value is -1.92. The SMILES string of the molecule is CC(C)CC(CNC(=O)CCNC(=O)c1ccccc1)N1CCOCC1. The maximum absolute atomic E-state index is 12.1. The molecular weight excluding hydrogens is 330 g/mol. The Balaban J connectivity index is 1.70. The second-order valence-corrected chi connectivity index (χ2v) is 7.11. The van der Waals surface area contributed by atoms with Gasteiger partial charge in [0.1, 0.15) is 0 Å². The first-order valence-electron chi connectivity index (χ1n) is 9.48. The predicted molar refractivity (Wildman–Crippen MR) is 102 cm³/mol. The average molecular weight is 361 g/mol. The number of rotatable bonds is 9. The Bertz CT molecular complexity index is 557. The van der Waals surface area contributed by atoms with Gasteiger partial charge in [0.15, 0.2) is 0 Å².